The van der Waals surface area contributed by atoms with Crippen molar-refractivity contribution in [1.29, 1.82) is 0 Å². The highest BCUT2D eigenvalue weighted by molar-refractivity contribution is 7.89. The number of nitrogens with zero attached hydrogens (tertiary/aromatic N) is 3. The largest absolute Gasteiger partial charge is 0.490 e. The molecular weight excluding hydrogens is 418 g/mol. The van der Waals surface area contributed by atoms with Gasteiger partial charge in [0.1, 0.15) is 0 Å². The van der Waals surface area contributed by atoms with E-state index >= 15 is 0 Å². The number of nitro benzene ring substituents is 1. The Morgan fingerprint density at radius 2 is 1.97 bits per heavy atom. The molecule has 1 aliphatic heterocycles. The molecule has 1 saturated heterocycles. The van der Waals surface area contributed by atoms with E-state index in [-0.39, 0.29) is 42.7 Å². The van der Waals surface area contributed by atoms with E-state index in [2.05, 4.69) is 0 Å². The SMILES string of the molecule is COc1ccc(S(=O)(=O)N2CCN(C(=O)/C=C\c3ccsc3)CC2)cc1[N+](=O)[O-]. The van der Waals surface area contributed by atoms with Gasteiger partial charge in [-0.2, -0.15) is 15.6 Å². The molecular formula is C18H19N3O6S2. The molecule has 154 valence electrons. The zero-order chi connectivity index (χ0) is 21.0. The fourth-order valence-corrected chi connectivity index (χ4v) is 4.98. The molecule has 0 bridgehead atoms. The van der Waals surface area contributed by atoms with E-state index in [9.17, 15) is 23.3 Å². The van der Waals surface area contributed by atoms with Gasteiger partial charge >= 0.3 is 5.69 Å². The maximum atomic E-state index is 12.9. The van der Waals surface area contributed by atoms with Crippen molar-refractivity contribution in [3.63, 3.8) is 0 Å². The van der Waals surface area contributed by atoms with Gasteiger partial charge in [0.15, 0.2) is 5.75 Å². The minimum atomic E-state index is -3.92. The van der Waals surface area contributed by atoms with Crippen LogP contribution in [-0.2, 0) is 14.8 Å². The third kappa shape index (κ3) is 4.63. The molecule has 9 nitrogen and oxygen atoms in total. The number of nitro groups is 1. The average Bonchev–Trinajstić information content (AvgIpc) is 3.25. The van der Waals surface area contributed by atoms with Crippen LogP contribution in [0.3, 0.4) is 0 Å². The van der Waals surface area contributed by atoms with E-state index in [1.54, 1.807) is 11.0 Å². The molecule has 0 spiro atoms. The number of carbonyl (C=O) groups excluding carboxylic acids is 1. The Morgan fingerprint density at radius 1 is 1.24 bits per heavy atom. The number of amides is 1. The lowest BCUT2D eigenvalue weighted by Gasteiger charge is -2.33. The van der Waals surface area contributed by atoms with Gasteiger partial charge in [-0.05, 0) is 40.6 Å². The van der Waals surface area contributed by atoms with Crippen molar-refractivity contribution >= 4 is 39.0 Å². The number of ether oxygens (including phenoxy) is 1. The molecule has 0 atom stereocenters. The van der Waals surface area contributed by atoms with E-state index in [0.717, 1.165) is 11.6 Å². The van der Waals surface area contributed by atoms with Crippen molar-refractivity contribution in [3.8, 4) is 5.75 Å². The van der Waals surface area contributed by atoms with Crippen LogP contribution in [0.4, 0.5) is 5.69 Å². The van der Waals surface area contributed by atoms with Gasteiger partial charge in [0.05, 0.1) is 16.9 Å². The topological polar surface area (TPSA) is 110 Å². The lowest BCUT2D eigenvalue weighted by molar-refractivity contribution is -0.386. The summed E-state index contributed by atoms with van der Waals surface area (Å²) in [6.45, 7) is 0.703. The molecule has 2 heterocycles. The molecule has 2 aromatic rings. The van der Waals surface area contributed by atoms with Crippen LogP contribution < -0.4 is 4.74 Å². The number of rotatable bonds is 6. The first-order valence-electron chi connectivity index (χ1n) is 8.64. The van der Waals surface area contributed by atoms with Gasteiger partial charge in [0.2, 0.25) is 15.9 Å². The molecule has 0 saturated carbocycles. The molecule has 1 fully saturated rings. The van der Waals surface area contributed by atoms with Crippen molar-refractivity contribution < 1.29 is 22.9 Å². The summed E-state index contributed by atoms with van der Waals surface area (Å²) in [6.07, 6.45) is 3.19. The van der Waals surface area contributed by atoms with Crippen LogP contribution >= 0.6 is 11.3 Å². The average molecular weight is 437 g/mol. The third-order valence-corrected chi connectivity index (χ3v) is 7.09. The fourth-order valence-electron chi connectivity index (χ4n) is 2.91. The molecule has 3 rings (SSSR count). The quantitative estimate of drug-likeness (QED) is 0.389. The molecule has 0 N–H and O–H groups in total. The zero-order valence-electron chi connectivity index (χ0n) is 15.6. The zero-order valence-corrected chi connectivity index (χ0v) is 17.2. The maximum Gasteiger partial charge on any atom is 0.312 e. The summed E-state index contributed by atoms with van der Waals surface area (Å²) < 4.78 is 31.9. The summed E-state index contributed by atoms with van der Waals surface area (Å²) in [5.41, 5.74) is 0.520. The lowest BCUT2D eigenvalue weighted by atomic mass is 10.3. The Morgan fingerprint density at radius 3 is 2.55 bits per heavy atom. The molecule has 11 heteroatoms. The van der Waals surface area contributed by atoms with Crippen LogP contribution in [0.5, 0.6) is 5.75 Å². The van der Waals surface area contributed by atoms with E-state index in [1.165, 1.54) is 41.0 Å². The standard InChI is InChI=1S/C18H19N3O6S2/c1-27-17-4-3-15(12-16(17)21(23)24)29(25,26)20-9-7-19(8-10-20)18(22)5-2-14-6-11-28-13-14/h2-6,11-13H,7-10H2,1H3/b5-2-. The Balaban J connectivity index is 1.69. The van der Waals surface area contributed by atoms with Gasteiger partial charge in [0, 0.05) is 38.3 Å². The van der Waals surface area contributed by atoms with Crippen molar-refractivity contribution in [2.75, 3.05) is 33.3 Å². The molecule has 0 aliphatic carbocycles. The number of hydrogen-bond donors (Lipinski definition) is 0. The molecule has 1 aliphatic rings. The molecule has 29 heavy (non-hydrogen) atoms. The highest BCUT2D eigenvalue weighted by Crippen LogP contribution is 2.30. The Kier molecular flexibility index (Phi) is 6.30. The number of benzene rings is 1. The van der Waals surface area contributed by atoms with Crippen molar-refractivity contribution in [2.24, 2.45) is 0 Å². The van der Waals surface area contributed by atoms with Gasteiger partial charge in [0.25, 0.3) is 0 Å². The van der Waals surface area contributed by atoms with Crippen LogP contribution in [0, 0.1) is 10.1 Å². The minimum Gasteiger partial charge on any atom is -0.490 e. The number of thiophene rings is 1. The first-order valence-corrected chi connectivity index (χ1v) is 11.0. The lowest BCUT2D eigenvalue weighted by Crippen LogP contribution is -2.50. The second-order valence-electron chi connectivity index (χ2n) is 6.21. The van der Waals surface area contributed by atoms with E-state index < -0.39 is 20.6 Å². The van der Waals surface area contributed by atoms with Gasteiger partial charge in [-0.25, -0.2) is 8.42 Å². The predicted octanol–water partition coefficient (Wildman–Crippen LogP) is 2.21. The summed E-state index contributed by atoms with van der Waals surface area (Å²) in [4.78, 5) is 24.2. The second-order valence-corrected chi connectivity index (χ2v) is 8.93. The molecule has 1 aromatic heterocycles. The summed E-state index contributed by atoms with van der Waals surface area (Å²) in [5.74, 6) is -0.199. The Bertz CT molecular complexity index is 1030. The molecule has 1 amide bonds. The Labute approximate surface area is 172 Å². The van der Waals surface area contributed by atoms with Gasteiger partial charge in [-0.3, -0.25) is 14.9 Å². The monoisotopic (exact) mass is 437 g/mol. The minimum absolute atomic E-state index is 0.0122. The molecule has 1 aromatic carbocycles. The smallest absolute Gasteiger partial charge is 0.312 e. The summed E-state index contributed by atoms with van der Waals surface area (Å²) >= 11 is 1.53. The predicted molar refractivity (Wildman–Crippen MR) is 108 cm³/mol. The van der Waals surface area contributed by atoms with E-state index in [0.29, 0.717) is 0 Å². The summed E-state index contributed by atoms with van der Waals surface area (Å²) in [7, 11) is -2.64. The van der Waals surface area contributed by atoms with Crippen LogP contribution in [-0.4, -0.2) is 61.7 Å². The number of sulfonamides is 1. The fraction of sp³-hybridized carbons (Fsp3) is 0.278. The van der Waals surface area contributed by atoms with Crippen LogP contribution in [0.25, 0.3) is 6.08 Å². The van der Waals surface area contributed by atoms with Gasteiger partial charge < -0.3 is 9.64 Å². The van der Waals surface area contributed by atoms with Gasteiger partial charge in [-0.1, -0.05) is 0 Å². The summed E-state index contributed by atoms with van der Waals surface area (Å²) in [5, 5.41) is 15.0. The first kappa shape index (κ1) is 21.0. The van der Waals surface area contributed by atoms with Crippen LogP contribution in [0.15, 0.2) is 46.0 Å². The normalized spacial score (nSPS) is 15.6. The van der Waals surface area contributed by atoms with Crippen LogP contribution in [0.1, 0.15) is 5.56 Å². The maximum absolute atomic E-state index is 12.9. The highest BCUT2D eigenvalue weighted by atomic mass is 32.2. The van der Waals surface area contributed by atoms with Crippen molar-refractivity contribution in [1.82, 2.24) is 9.21 Å². The van der Waals surface area contributed by atoms with E-state index in [1.807, 2.05) is 16.8 Å². The molecule has 0 unspecified atom stereocenters. The van der Waals surface area contributed by atoms with Crippen LogP contribution in [0.2, 0.25) is 0 Å². The number of hydrogen-bond acceptors (Lipinski definition) is 7. The number of methoxy groups -OCH3 is 1. The second kappa shape index (κ2) is 8.72. The van der Waals surface area contributed by atoms with Gasteiger partial charge in [-0.15, -0.1) is 0 Å². The molecule has 0 radical (unpaired) electrons. The van der Waals surface area contributed by atoms with E-state index in [4.69, 9.17) is 4.74 Å². The highest BCUT2D eigenvalue weighted by Gasteiger charge is 2.31. The number of carbonyl (C=O) groups is 1. The Hall–Kier alpha value is -2.76. The van der Waals surface area contributed by atoms with Crippen molar-refractivity contribution in [3.05, 3.63) is 56.8 Å². The van der Waals surface area contributed by atoms with Crippen molar-refractivity contribution in [2.45, 2.75) is 4.90 Å². The number of piperazine rings is 1. The summed E-state index contributed by atoms with van der Waals surface area (Å²) in [6, 6.07) is 5.44. The first-order chi connectivity index (χ1) is 13.8. The third-order valence-electron chi connectivity index (χ3n) is 4.50.